The van der Waals surface area contributed by atoms with Crippen molar-refractivity contribution in [3.8, 4) is 11.8 Å². The molecule has 1 aromatic heterocycles. The first-order valence-corrected chi connectivity index (χ1v) is 5.98. The average molecular weight is 274 g/mol. The Morgan fingerprint density at radius 2 is 2.33 bits per heavy atom. The van der Waals surface area contributed by atoms with Gasteiger partial charge in [0.05, 0.1) is 12.5 Å². The van der Waals surface area contributed by atoms with Gasteiger partial charge < -0.3 is 10.1 Å². The SMILES string of the molecule is Cc1cc(OC(F)F)c(C(=O)N[C@H](C)CC#N)s1. The van der Waals surface area contributed by atoms with E-state index in [1.54, 1.807) is 13.8 Å². The summed E-state index contributed by atoms with van der Waals surface area (Å²) in [6.07, 6.45) is 0.154. The highest BCUT2D eigenvalue weighted by molar-refractivity contribution is 7.14. The number of hydrogen-bond acceptors (Lipinski definition) is 4. The molecular weight excluding hydrogens is 262 g/mol. The molecule has 0 radical (unpaired) electrons. The molecule has 0 unspecified atom stereocenters. The number of nitrogens with zero attached hydrogens (tertiary/aromatic N) is 1. The summed E-state index contributed by atoms with van der Waals surface area (Å²) in [6, 6.07) is 2.96. The monoisotopic (exact) mass is 274 g/mol. The summed E-state index contributed by atoms with van der Waals surface area (Å²) in [4.78, 5) is 12.6. The molecule has 0 bridgehead atoms. The van der Waals surface area contributed by atoms with Crippen LogP contribution < -0.4 is 10.1 Å². The van der Waals surface area contributed by atoms with Gasteiger partial charge in [0, 0.05) is 10.9 Å². The van der Waals surface area contributed by atoms with Gasteiger partial charge in [-0.05, 0) is 19.9 Å². The van der Waals surface area contributed by atoms with Crippen molar-refractivity contribution in [2.75, 3.05) is 0 Å². The summed E-state index contributed by atoms with van der Waals surface area (Å²) in [5.74, 6) is -0.638. The fourth-order valence-electron chi connectivity index (χ4n) is 1.31. The Hall–Kier alpha value is -1.68. The Morgan fingerprint density at radius 3 is 2.89 bits per heavy atom. The number of amides is 1. The largest absolute Gasteiger partial charge is 0.433 e. The van der Waals surface area contributed by atoms with Gasteiger partial charge >= 0.3 is 6.61 Å². The van der Waals surface area contributed by atoms with E-state index in [0.29, 0.717) is 4.88 Å². The average Bonchev–Trinajstić information content (AvgIpc) is 2.58. The summed E-state index contributed by atoms with van der Waals surface area (Å²) < 4.78 is 28.6. The van der Waals surface area contributed by atoms with Crippen LogP contribution in [0.5, 0.6) is 5.75 Å². The first kappa shape index (κ1) is 14.4. The van der Waals surface area contributed by atoms with Gasteiger partial charge in [0.1, 0.15) is 10.6 Å². The van der Waals surface area contributed by atoms with Crippen molar-refractivity contribution in [1.29, 1.82) is 5.26 Å². The van der Waals surface area contributed by atoms with Crippen LogP contribution >= 0.6 is 11.3 Å². The molecule has 1 amide bonds. The number of hydrogen-bond donors (Lipinski definition) is 1. The van der Waals surface area contributed by atoms with E-state index in [0.717, 1.165) is 11.3 Å². The summed E-state index contributed by atoms with van der Waals surface area (Å²) in [5, 5.41) is 11.0. The standard InChI is InChI=1S/C11H12F2N2O2S/c1-6(3-4-14)15-10(16)9-8(17-11(12)13)5-7(2)18-9/h5-6,11H,3H2,1-2H3,(H,15,16)/t6-/m1/s1. The van der Waals surface area contributed by atoms with E-state index in [-0.39, 0.29) is 23.1 Å². The van der Waals surface area contributed by atoms with Crippen molar-refractivity contribution in [1.82, 2.24) is 5.32 Å². The molecule has 0 saturated carbocycles. The summed E-state index contributed by atoms with van der Waals surface area (Å²) in [6.45, 7) is 0.385. The quantitative estimate of drug-likeness (QED) is 0.898. The van der Waals surface area contributed by atoms with Crippen LogP contribution in [0, 0.1) is 18.3 Å². The predicted molar refractivity (Wildman–Crippen MR) is 62.8 cm³/mol. The molecular formula is C11H12F2N2O2S. The predicted octanol–water partition coefficient (Wildman–Crippen LogP) is 2.69. The molecule has 7 heteroatoms. The molecule has 18 heavy (non-hydrogen) atoms. The van der Waals surface area contributed by atoms with E-state index in [1.807, 2.05) is 6.07 Å². The number of rotatable bonds is 5. The second-order valence-corrected chi connectivity index (χ2v) is 4.92. The van der Waals surface area contributed by atoms with Gasteiger partial charge in [-0.25, -0.2) is 0 Å². The smallest absolute Gasteiger partial charge is 0.387 e. The zero-order chi connectivity index (χ0) is 13.7. The van der Waals surface area contributed by atoms with E-state index in [1.165, 1.54) is 6.07 Å². The Labute approximate surface area is 107 Å². The molecule has 0 aromatic carbocycles. The molecule has 0 aliphatic carbocycles. The normalized spacial score (nSPS) is 12.0. The summed E-state index contributed by atoms with van der Waals surface area (Å²) in [5.41, 5.74) is 0. The second kappa shape index (κ2) is 6.31. The second-order valence-electron chi connectivity index (χ2n) is 3.67. The Balaban J connectivity index is 2.82. The van der Waals surface area contributed by atoms with Gasteiger partial charge in [0.2, 0.25) is 0 Å². The molecule has 1 atom stereocenters. The molecule has 4 nitrogen and oxygen atoms in total. The molecule has 1 rings (SSSR count). The summed E-state index contributed by atoms with van der Waals surface area (Å²) in [7, 11) is 0. The van der Waals surface area contributed by atoms with Crippen molar-refractivity contribution < 1.29 is 18.3 Å². The highest BCUT2D eigenvalue weighted by Crippen LogP contribution is 2.30. The number of nitriles is 1. The van der Waals surface area contributed by atoms with Crippen LogP contribution in [0.4, 0.5) is 8.78 Å². The van der Waals surface area contributed by atoms with Gasteiger partial charge in [-0.15, -0.1) is 11.3 Å². The Kier molecular flexibility index (Phi) is 5.04. The van der Waals surface area contributed by atoms with Gasteiger partial charge in [-0.3, -0.25) is 4.79 Å². The topological polar surface area (TPSA) is 62.1 Å². The number of nitrogens with one attached hydrogen (secondary N) is 1. The van der Waals surface area contributed by atoms with Gasteiger partial charge in [0.15, 0.2) is 0 Å². The van der Waals surface area contributed by atoms with Crippen molar-refractivity contribution in [2.45, 2.75) is 32.9 Å². The van der Waals surface area contributed by atoms with Crippen molar-refractivity contribution in [2.24, 2.45) is 0 Å². The molecule has 0 spiro atoms. The molecule has 98 valence electrons. The lowest BCUT2D eigenvalue weighted by atomic mass is 10.2. The maximum atomic E-state index is 12.2. The van der Waals surface area contributed by atoms with E-state index < -0.39 is 12.5 Å². The fourth-order valence-corrected chi connectivity index (χ4v) is 2.16. The van der Waals surface area contributed by atoms with Crippen LogP contribution in [-0.4, -0.2) is 18.6 Å². The Morgan fingerprint density at radius 1 is 1.67 bits per heavy atom. The van der Waals surface area contributed by atoms with Gasteiger partial charge in [0.25, 0.3) is 5.91 Å². The maximum Gasteiger partial charge on any atom is 0.387 e. The zero-order valence-electron chi connectivity index (χ0n) is 9.87. The lowest BCUT2D eigenvalue weighted by Gasteiger charge is -2.10. The first-order valence-electron chi connectivity index (χ1n) is 5.17. The molecule has 0 fully saturated rings. The number of ether oxygens (including phenoxy) is 1. The molecule has 1 heterocycles. The summed E-state index contributed by atoms with van der Waals surface area (Å²) >= 11 is 1.07. The van der Waals surface area contributed by atoms with Crippen LogP contribution in [0.2, 0.25) is 0 Å². The van der Waals surface area contributed by atoms with Crippen molar-refractivity contribution in [3.63, 3.8) is 0 Å². The third-order valence-electron chi connectivity index (χ3n) is 2.02. The van der Waals surface area contributed by atoms with Crippen LogP contribution in [0.25, 0.3) is 0 Å². The highest BCUT2D eigenvalue weighted by Gasteiger charge is 2.20. The number of thiophene rings is 1. The third kappa shape index (κ3) is 3.96. The van der Waals surface area contributed by atoms with Crippen LogP contribution in [0.15, 0.2) is 6.07 Å². The van der Waals surface area contributed by atoms with Gasteiger partial charge in [-0.2, -0.15) is 14.0 Å². The third-order valence-corrected chi connectivity index (χ3v) is 3.05. The number of aryl methyl sites for hydroxylation is 1. The first-order chi connectivity index (χ1) is 8.43. The molecule has 0 aliphatic rings. The van der Waals surface area contributed by atoms with Crippen LogP contribution in [0.1, 0.15) is 27.9 Å². The van der Waals surface area contributed by atoms with Crippen molar-refractivity contribution >= 4 is 17.2 Å². The molecule has 0 aliphatic heterocycles. The molecule has 1 aromatic rings. The lowest BCUT2D eigenvalue weighted by molar-refractivity contribution is -0.0498. The van der Waals surface area contributed by atoms with E-state index in [2.05, 4.69) is 10.1 Å². The highest BCUT2D eigenvalue weighted by atomic mass is 32.1. The molecule has 0 saturated heterocycles. The zero-order valence-corrected chi connectivity index (χ0v) is 10.7. The number of carbonyl (C=O) groups is 1. The fraction of sp³-hybridized carbons (Fsp3) is 0.455. The van der Waals surface area contributed by atoms with Gasteiger partial charge in [-0.1, -0.05) is 0 Å². The Bertz CT molecular complexity index is 468. The lowest BCUT2D eigenvalue weighted by Crippen LogP contribution is -2.32. The number of carbonyl (C=O) groups excluding carboxylic acids is 1. The maximum absolute atomic E-state index is 12.2. The minimum absolute atomic E-state index is 0.0950. The van der Waals surface area contributed by atoms with E-state index in [9.17, 15) is 13.6 Å². The van der Waals surface area contributed by atoms with E-state index >= 15 is 0 Å². The van der Waals surface area contributed by atoms with Crippen molar-refractivity contribution in [3.05, 3.63) is 15.8 Å². The number of alkyl halides is 2. The van der Waals surface area contributed by atoms with Crippen LogP contribution in [-0.2, 0) is 0 Å². The molecule has 1 N–H and O–H groups in total. The minimum atomic E-state index is -2.97. The van der Waals surface area contributed by atoms with Crippen LogP contribution in [0.3, 0.4) is 0 Å². The number of halogens is 2. The van der Waals surface area contributed by atoms with E-state index in [4.69, 9.17) is 5.26 Å². The minimum Gasteiger partial charge on any atom is -0.433 e.